The van der Waals surface area contributed by atoms with Gasteiger partial charge in [-0.05, 0) is 31.4 Å². The molecular formula is C19H18ClN3O2. The molecule has 0 N–H and O–H groups in total. The standard InChI is InChI=1S/C19H18ClN3O2/c1-12-17(20)15-10-16(18(24)14-8-5-9-14)22(19(25)23(15)21-12)11-13-6-3-2-4-7-13/h2-4,6-7,10,14H,5,8-9,11H2,1H3. The second kappa shape index (κ2) is 6.15. The van der Waals surface area contributed by atoms with E-state index < -0.39 is 0 Å². The van der Waals surface area contributed by atoms with Crippen molar-refractivity contribution in [2.24, 2.45) is 5.92 Å². The van der Waals surface area contributed by atoms with Gasteiger partial charge in [-0.2, -0.15) is 9.61 Å². The molecule has 1 fully saturated rings. The highest BCUT2D eigenvalue weighted by Crippen LogP contribution is 2.30. The lowest BCUT2D eigenvalue weighted by molar-refractivity contribution is 0.0844. The number of nitrogens with zero attached hydrogens (tertiary/aromatic N) is 3. The van der Waals surface area contributed by atoms with Crippen molar-refractivity contribution in [3.05, 3.63) is 68.9 Å². The van der Waals surface area contributed by atoms with Gasteiger partial charge in [-0.3, -0.25) is 9.36 Å². The molecule has 1 aromatic carbocycles. The Bertz CT molecular complexity index is 1020. The first-order valence-electron chi connectivity index (χ1n) is 8.43. The molecule has 0 atom stereocenters. The number of aryl methyl sites for hydroxylation is 1. The first-order chi connectivity index (χ1) is 12.1. The largest absolute Gasteiger partial charge is 0.350 e. The second-order valence-electron chi connectivity index (χ2n) is 6.57. The molecule has 1 saturated carbocycles. The van der Waals surface area contributed by atoms with Gasteiger partial charge in [0.1, 0.15) is 0 Å². The average Bonchev–Trinajstić information content (AvgIpc) is 2.85. The van der Waals surface area contributed by atoms with Crippen molar-refractivity contribution in [2.75, 3.05) is 0 Å². The van der Waals surface area contributed by atoms with Crippen molar-refractivity contribution in [1.82, 2.24) is 14.2 Å². The number of hydrogen-bond donors (Lipinski definition) is 0. The Hall–Kier alpha value is -2.40. The average molecular weight is 356 g/mol. The van der Waals surface area contributed by atoms with Crippen LogP contribution in [0.15, 0.2) is 41.2 Å². The van der Waals surface area contributed by atoms with Gasteiger partial charge in [0.2, 0.25) is 0 Å². The van der Waals surface area contributed by atoms with Gasteiger partial charge in [-0.15, -0.1) is 0 Å². The third kappa shape index (κ3) is 2.68. The number of aromatic nitrogens is 3. The van der Waals surface area contributed by atoms with Crippen molar-refractivity contribution in [2.45, 2.75) is 32.7 Å². The fourth-order valence-corrected chi connectivity index (χ4v) is 3.40. The van der Waals surface area contributed by atoms with Crippen molar-refractivity contribution >= 4 is 22.9 Å². The summed E-state index contributed by atoms with van der Waals surface area (Å²) in [4.78, 5) is 25.9. The van der Waals surface area contributed by atoms with E-state index in [0.717, 1.165) is 24.8 Å². The van der Waals surface area contributed by atoms with Crippen LogP contribution in [0.2, 0.25) is 5.02 Å². The Balaban J connectivity index is 1.92. The molecule has 1 aliphatic carbocycles. The quantitative estimate of drug-likeness (QED) is 0.673. The van der Waals surface area contributed by atoms with E-state index >= 15 is 0 Å². The SMILES string of the molecule is Cc1nn2c(=O)n(Cc3ccccc3)c(C(=O)C3CCC3)cc2c1Cl. The van der Waals surface area contributed by atoms with Gasteiger partial charge in [0, 0.05) is 5.92 Å². The van der Waals surface area contributed by atoms with Crippen LogP contribution in [-0.4, -0.2) is 20.0 Å². The van der Waals surface area contributed by atoms with Crippen LogP contribution in [0.5, 0.6) is 0 Å². The van der Waals surface area contributed by atoms with E-state index in [4.69, 9.17) is 11.6 Å². The number of fused-ring (bicyclic) bond motifs is 1. The molecular weight excluding hydrogens is 338 g/mol. The number of hydrogen-bond acceptors (Lipinski definition) is 3. The Morgan fingerprint density at radius 3 is 2.64 bits per heavy atom. The highest BCUT2D eigenvalue weighted by molar-refractivity contribution is 6.34. The summed E-state index contributed by atoms with van der Waals surface area (Å²) >= 11 is 6.29. The van der Waals surface area contributed by atoms with Crippen LogP contribution in [0.3, 0.4) is 0 Å². The lowest BCUT2D eigenvalue weighted by Gasteiger charge is -2.25. The van der Waals surface area contributed by atoms with Gasteiger partial charge in [0.05, 0.1) is 28.5 Å². The predicted octanol–water partition coefficient (Wildman–Crippen LogP) is 3.49. The van der Waals surface area contributed by atoms with Gasteiger partial charge in [-0.25, -0.2) is 4.79 Å². The van der Waals surface area contributed by atoms with E-state index in [1.54, 1.807) is 13.0 Å². The van der Waals surface area contributed by atoms with E-state index in [2.05, 4.69) is 5.10 Å². The fraction of sp³-hybridized carbons (Fsp3) is 0.316. The van der Waals surface area contributed by atoms with Crippen molar-refractivity contribution in [3.8, 4) is 0 Å². The maximum Gasteiger partial charge on any atom is 0.350 e. The zero-order valence-corrected chi connectivity index (χ0v) is 14.7. The molecule has 4 rings (SSSR count). The number of halogens is 1. The summed E-state index contributed by atoms with van der Waals surface area (Å²) in [7, 11) is 0. The van der Waals surface area contributed by atoms with Gasteiger partial charge < -0.3 is 0 Å². The molecule has 3 aromatic rings. The van der Waals surface area contributed by atoms with E-state index in [0.29, 0.717) is 28.5 Å². The first-order valence-corrected chi connectivity index (χ1v) is 8.81. The van der Waals surface area contributed by atoms with Crippen molar-refractivity contribution in [1.29, 1.82) is 0 Å². The Morgan fingerprint density at radius 1 is 1.28 bits per heavy atom. The Morgan fingerprint density at radius 2 is 2.00 bits per heavy atom. The van der Waals surface area contributed by atoms with Crippen molar-refractivity contribution in [3.63, 3.8) is 0 Å². The van der Waals surface area contributed by atoms with Crippen LogP contribution in [-0.2, 0) is 6.54 Å². The van der Waals surface area contributed by atoms with Crippen LogP contribution in [0, 0.1) is 12.8 Å². The highest BCUT2D eigenvalue weighted by atomic mass is 35.5. The van der Waals surface area contributed by atoms with Crippen molar-refractivity contribution < 1.29 is 4.79 Å². The minimum absolute atomic E-state index is 0.00617. The molecule has 1 aliphatic rings. The summed E-state index contributed by atoms with van der Waals surface area (Å²) in [6, 6.07) is 11.4. The van der Waals surface area contributed by atoms with Gasteiger partial charge in [0.15, 0.2) is 5.78 Å². The second-order valence-corrected chi connectivity index (χ2v) is 6.95. The topological polar surface area (TPSA) is 56.4 Å². The maximum atomic E-state index is 13.0. The molecule has 0 unspecified atom stereocenters. The minimum Gasteiger partial charge on any atom is -0.292 e. The molecule has 0 bridgehead atoms. The number of carbonyl (C=O) groups is 1. The van der Waals surface area contributed by atoms with E-state index in [1.165, 1.54) is 9.08 Å². The Labute approximate surface area is 149 Å². The summed E-state index contributed by atoms with van der Waals surface area (Å²) in [5.74, 6) is 0.0309. The molecule has 0 radical (unpaired) electrons. The molecule has 0 saturated heterocycles. The lowest BCUT2D eigenvalue weighted by Crippen LogP contribution is -2.35. The third-order valence-electron chi connectivity index (χ3n) is 4.91. The van der Waals surface area contributed by atoms with Gasteiger partial charge >= 0.3 is 5.69 Å². The maximum absolute atomic E-state index is 13.0. The van der Waals surface area contributed by atoms with E-state index in [-0.39, 0.29) is 17.4 Å². The van der Waals surface area contributed by atoms with Crippen LogP contribution >= 0.6 is 11.6 Å². The predicted molar refractivity (Wildman–Crippen MR) is 96.4 cm³/mol. The summed E-state index contributed by atoms with van der Waals surface area (Å²) in [5, 5.41) is 4.66. The lowest BCUT2D eigenvalue weighted by atomic mass is 9.81. The van der Waals surface area contributed by atoms with Crippen LogP contribution < -0.4 is 5.69 Å². The first kappa shape index (κ1) is 16.1. The molecule has 5 nitrogen and oxygen atoms in total. The zero-order valence-electron chi connectivity index (χ0n) is 13.9. The van der Waals surface area contributed by atoms with Gasteiger partial charge in [-0.1, -0.05) is 48.4 Å². The molecule has 0 amide bonds. The third-order valence-corrected chi connectivity index (χ3v) is 5.38. The van der Waals surface area contributed by atoms with Gasteiger partial charge in [0.25, 0.3) is 0 Å². The zero-order chi connectivity index (χ0) is 17.6. The molecule has 0 spiro atoms. The number of carbonyl (C=O) groups excluding carboxylic acids is 1. The highest BCUT2D eigenvalue weighted by Gasteiger charge is 2.29. The number of Topliss-reactive ketones (excluding diaryl/α,β-unsaturated/α-hetero) is 1. The number of rotatable bonds is 4. The monoisotopic (exact) mass is 355 g/mol. The molecule has 6 heteroatoms. The van der Waals surface area contributed by atoms with Crippen LogP contribution in [0.1, 0.15) is 41.0 Å². The van der Waals surface area contributed by atoms with Crippen LogP contribution in [0.25, 0.3) is 5.52 Å². The van der Waals surface area contributed by atoms with E-state index in [1.807, 2.05) is 30.3 Å². The summed E-state index contributed by atoms with van der Waals surface area (Å²) in [5.41, 5.74) is 2.13. The molecule has 128 valence electrons. The van der Waals surface area contributed by atoms with Crippen LogP contribution in [0.4, 0.5) is 0 Å². The molecule has 2 aromatic heterocycles. The summed E-state index contributed by atoms with van der Waals surface area (Å²) in [6.45, 7) is 2.09. The molecule has 0 aliphatic heterocycles. The fourth-order valence-electron chi connectivity index (χ4n) is 3.22. The number of ketones is 1. The van der Waals surface area contributed by atoms with E-state index in [9.17, 15) is 9.59 Å². The minimum atomic E-state index is -0.334. The summed E-state index contributed by atoms with van der Waals surface area (Å²) in [6.07, 6.45) is 2.83. The Kier molecular flexibility index (Phi) is 3.96. The number of benzene rings is 1. The normalized spacial score (nSPS) is 14.6. The molecule has 25 heavy (non-hydrogen) atoms. The molecule has 2 heterocycles. The smallest absolute Gasteiger partial charge is 0.292 e. The summed E-state index contributed by atoms with van der Waals surface area (Å²) < 4.78 is 2.81.